The summed E-state index contributed by atoms with van der Waals surface area (Å²) in [5, 5.41) is 3.53. The van der Waals surface area contributed by atoms with Crippen LogP contribution in [0.3, 0.4) is 0 Å². The van der Waals surface area contributed by atoms with E-state index in [0.29, 0.717) is 12.1 Å². The van der Waals surface area contributed by atoms with E-state index in [2.05, 4.69) is 78.1 Å². The van der Waals surface area contributed by atoms with Gasteiger partial charge in [0, 0.05) is 18.1 Å². The van der Waals surface area contributed by atoms with Crippen molar-refractivity contribution >= 4 is 5.57 Å². The molecule has 0 radical (unpaired) electrons. The Bertz CT molecular complexity index is 745. The standard InChI is InChI=1S/C21H22N2/c22-19(21-20(23-21)16-10-5-2-6-11-16)18-13-7-12-17(14-18)15-8-3-1-4-9-15/h1-3,5-8,10-14,19-21,23H,4,9,22H2. The van der Waals surface area contributed by atoms with Gasteiger partial charge in [-0.15, -0.1) is 0 Å². The van der Waals surface area contributed by atoms with Crippen LogP contribution in [0.2, 0.25) is 0 Å². The van der Waals surface area contributed by atoms with E-state index < -0.39 is 0 Å². The van der Waals surface area contributed by atoms with Crippen molar-refractivity contribution < 1.29 is 0 Å². The minimum atomic E-state index is 0.0277. The van der Waals surface area contributed by atoms with Crippen LogP contribution in [-0.4, -0.2) is 6.04 Å². The van der Waals surface area contributed by atoms with Crippen molar-refractivity contribution in [2.75, 3.05) is 0 Å². The quantitative estimate of drug-likeness (QED) is 0.834. The van der Waals surface area contributed by atoms with Crippen molar-refractivity contribution in [3.63, 3.8) is 0 Å². The third-order valence-corrected chi connectivity index (χ3v) is 4.82. The Kier molecular flexibility index (Phi) is 3.86. The SMILES string of the molecule is NC(c1cccc(C2=CC=CCC2)c1)C1NC1c1ccccc1. The molecule has 3 atom stereocenters. The molecule has 0 spiro atoms. The second-order valence-electron chi connectivity index (χ2n) is 6.39. The minimum absolute atomic E-state index is 0.0277. The maximum absolute atomic E-state index is 6.53. The van der Waals surface area contributed by atoms with Crippen LogP contribution < -0.4 is 11.1 Å². The summed E-state index contributed by atoms with van der Waals surface area (Å²) >= 11 is 0. The summed E-state index contributed by atoms with van der Waals surface area (Å²) in [6, 6.07) is 20.0. The largest absolute Gasteiger partial charge is 0.323 e. The van der Waals surface area contributed by atoms with Crippen molar-refractivity contribution in [1.82, 2.24) is 5.32 Å². The Morgan fingerprint density at radius 3 is 2.70 bits per heavy atom. The van der Waals surface area contributed by atoms with Crippen molar-refractivity contribution in [3.05, 3.63) is 89.5 Å². The van der Waals surface area contributed by atoms with Gasteiger partial charge in [-0.25, -0.2) is 0 Å². The molecule has 1 fully saturated rings. The molecule has 4 rings (SSSR count). The fourth-order valence-corrected chi connectivity index (χ4v) is 3.42. The monoisotopic (exact) mass is 302 g/mol. The van der Waals surface area contributed by atoms with Gasteiger partial charge in [-0.2, -0.15) is 0 Å². The van der Waals surface area contributed by atoms with E-state index in [1.807, 2.05) is 0 Å². The molecule has 2 aromatic carbocycles. The lowest BCUT2D eigenvalue weighted by atomic mass is 9.93. The van der Waals surface area contributed by atoms with Gasteiger partial charge in [-0.05, 0) is 41.2 Å². The molecule has 0 amide bonds. The molecular formula is C21H22N2. The number of hydrogen-bond acceptors (Lipinski definition) is 2. The van der Waals surface area contributed by atoms with Crippen LogP contribution in [0.1, 0.15) is 41.6 Å². The van der Waals surface area contributed by atoms with Crippen LogP contribution in [0.25, 0.3) is 5.57 Å². The molecule has 1 aliphatic heterocycles. The second kappa shape index (κ2) is 6.15. The van der Waals surface area contributed by atoms with Gasteiger partial charge >= 0.3 is 0 Å². The molecule has 2 aliphatic rings. The highest BCUT2D eigenvalue weighted by Crippen LogP contribution is 2.37. The minimum Gasteiger partial charge on any atom is -0.323 e. The summed E-state index contributed by atoms with van der Waals surface area (Å²) in [4.78, 5) is 0. The molecule has 1 heterocycles. The molecule has 3 N–H and O–H groups in total. The first-order valence-corrected chi connectivity index (χ1v) is 8.35. The Hall–Kier alpha value is -2.16. The number of rotatable bonds is 4. The van der Waals surface area contributed by atoms with Gasteiger partial charge in [0.15, 0.2) is 0 Å². The Balaban J connectivity index is 1.52. The molecule has 23 heavy (non-hydrogen) atoms. The van der Waals surface area contributed by atoms with E-state index in [4.69, 9.17) is 5.73 Å². The van der Waals surface area contributed by atoms with Crippen LogP contribution in [0.4, 0.5) is 0 Å². The van der Waals surface area contributed by atoms with Crippen molar-refractivity contribution in [3.8, 4) is 0 Å². The average molecular weight is 302 g/mol. The van der Waals surface area contributed by atoms with Crippen molar-refractivity contribution in [2.24, 2.45) is 5.73 Å². The van der Waals surface area contributed by atoms with Crippen molar-refractivity contribution in [1.29, 1.82) is 0 Å². The Morgan fingerprint density at radius 1 is 1.04 bits per heavy atom. The molecule has 116 valence electrons. The second-order valence-corrected chi connectivity index (χ2v) is 6.39. The molecule has 1 saturated heterocycles. The van der Waals surface area contributed by atoms with Gasteiger partial charge in [0.25, 0.3) is 0 Å². The molecule has 2 heteroatoms. The molecule has 3 unspecified atom stereocenters. The lowest BCUT2D eigenvalue weighted by molar-refractivity contribution is 0.690. The third kappa shape index (κ3) is 3.00. The zero-order valence-electron chi connectivity index (χ0n) is 13.2. The van der Waals surface area contributed by atoms with E-state index in [9.17, 15) is 0 Å². The van der Waals surface area contributed by atoms with Crippen LogP contribution in [-0.2, 0) is 0 Å². The van der Waals surface area contributed by atoms with Gasteiger partial charge in [-0.3, -0.25) is 0 Å². The smallest absolute Gasteiger partial charge is 0.0498 e. The number of allylic oxidation sites excluding steroid dienone is 4. The van der Waals surface area contributed by atoms with Gasteiger partial charge in [0.05, 0.1) is 0 Å². The zero-order chi connectivity index (χ0) is 15.6. The number of hydrogen-bond donors (Lipinski definition) is 2. The van der Waals surface area contributed by atoms with Crippen LogP contribution in [0, 0.1) is 0 Å². The molecule has 2 nitrogen and oxygen atoms in total. The average Bonchev–Trinajstić information content (AvgIpc) is 3.43. The lowest BCUT2D eigenvalue weighted by Gasteiger charge is -2.15. The molecule has 0 bridgehead atoms. The molecular weight excluding hydrogens is 280 g/mol. The number of benzene rings is 2. The predicted molar refractivity (Wildman–Crippen MR) is 95.8 cm³/mol. The highest BCUT2D eigenvalue weighted by molar-refractivity contribution is 5.68. The zero-order valence-corrected chi connectivity index (χ0v) is 13.2. The fraction of sp³-hybridized carbons (Fsp3) is 0.238. The maximum Gasteiger partial charge on any atom is 0.0498 e. The van der Waals surface area contributed by atoms with E-state index in [1.54, 1.807) is 0 Å². The molecule has 0 saturated carbocycles. The summed E-state index contributed by atoms with van der Waals surface area (Å²) in [7, 11) is 0. The first-order chi connectivity index (χ1) is 11.3. The molecule has 2 aromatic rings. The lowest BCUT2D eigenvalue weighted by Crippen LogP contribution is -2.19. The van der Waals surface area contributed by atoms with E-state index in [0.717, 1.165) is 12.8 Å². The summed E-state index contributed by atoms with van der Waals surface area (Å²) < 4.78 is 0. The maximum atomic E-state index is 6.53. The Labute approximate surface area is 137 Å². The van der Waals surface area contributed by atoms with Crippen LogP contribution in [0.5, 0.6) is 0 Å². The summed E-state index contributed by atoms with van der Waals surface area (Å²) in [6.45, 7) is 0. The van der Waals surface area contributed by atoms with E-state index in [1.165, 1.54) is 22.3 Å². The van der Waals surface area contributed by atoms with Gasteiger partial charge < -0.3 is 11.1 Å². The predicted octanol–water partition coefficient (Wildman–Crippen LogP) is 4.13. The van der Waals surface area contributed by atoms with E-state index >= 15 is 0 Å². The highest BCUT2D eigenvalue weighted by Gasteiger charge is 2.42. The van der Waals surface area contributed by atoms with Crippen LogP contribution >= 0.6 is 0 Å². The van der Waals surface area contributed by atoms with Gasteiger partial charge in [-0.1, -0.05) is 66.8 Å². The summed E-state index contributed by atoms with van der Waals surface area (Å²) in [5.74, 6) is 0. The van der Waals surface area contributed by atoms with Gasteiger partial charge in [0.2, 0.25) is 0 Å². The topological polar surface area (TPSA) is 48.0 Å². The van der Waals surface area contributed by atoms with E-state index in [-0.39, 0.29) is 6.04 Å². The first-order valence-electron chi connectivity index (χ1n) is 8.35. The number of nitrogens with one attached hydrogen (secondary N) is 1. The van der Waals surface area contributed by atoms with Crippen LogP contribution in [0.15, 0.2) is 72.8 Å². The normalized spacial score (nSPS) is 24.1. The van der Waals surface area contributed by atoms with Crippen molar-refractivity contribution in [2.45, 2.75) is 31.0 Å². The summed E-state index contributed by atoms with van der Waals surface area (Å²) in [5.41, 5.74) is 11.8. The Morgan fingerprint density at radius 2 is 1.91 bits per heavy atom. The number of nitrogens with two attached hydrogens (primary N) is 1. The van der Waals surface area contributed by atoms with Gasteiger partial charge in [0.1, 0.15) is 0 Å². The highest BCUT2D eigenvalue weighted by atomic mass is 15.2. The fourth-order valence-electron chi connectivity index (χ4n) is 3.42. The first kappa shape index (κ1) is 14.4. The molecule has 0 aromatic heterocycles. The third-order valence-electron chi connectivity index (χ3n) is 4.82. The molecule has 1 aliphatic carbocycles. The summed E-state index contributed by atoms with van der Waals surface area (Å²) in [6.07, 6.45) is 8.83.